The Bertz CT molecular complexity index is 457. The molecule has 1 N–H and O–H groups in total. The average Bonchev–Trinajstić information content (AvgIpc) is 2.46. The van der Waals surface area contributed by atoms with Crippen molar-refractivity contribution >= 4 is 5.91 Å². The molecule has 0 bridgehead atoms. The van der Waals surface area contributed by atoms with E-state index in [0.29, 0.717) is 18.0 Å². The average molecular weight is 264 g/mol. The lowest BCUT2D eigenvalue weighted by Gasteiger charge is -2.29. The van der Waals surface area contributed by atoms with E-state index in [1.807, 2.05) is 11.8 Å². The van der Waals surface area contributed by atoms with Crippen LogP contribution in [0.3, 0.4) is 0 Å². The third kappa shape index (κ3) is 3.67. The second-order valence-electron chi connectivity index (χ2n) is 4.88. The molecule has 5 nitrogen and oxygen atoms in total. The number of hydrogen-bond donors (Lipinski definition) is 1. The van der Waals surface area contributed by atoms with Crippen LogP contribution in [0.2, 0.25) is 0 Å². The topological polar surface area (TPSA) is 62.6 Å². The molecule has 0 aromatic carbocycles. The molecule has 0 unspecified atom stereocenters. The summed E-state index contributed by atoms with van der Waals surface area (Å²) in [4.78, 5) is 25.0. The lowest BCUT2D eigenvalue weighted by Crippen LogP contribution is -2.39. The van der Waals surface area contributed by atoms with Crippen molar-refractivity contribution in [3.63, 3.8) is 0 Å². The zero-order valence-electron chi connectivity index (χ0n) is 11.2. The van der Waals surface area contributed by atoms with Gasteiger partial charge in [0.15, 0.2) is 0 Å². The van der Waals surface area contributed by atoms with Crippen LogP contribution in [0.4, 0.5) is 0 Å². The van der Waals surface area contributed by atoms with Crippen molar-refractivity contribution in [1.29, 1.82) is 0 Å². The normalized spacial score (nSPS) is 16.3. The number of nitrogens with zero attached hydrogens (tertiary/aromatic N) is 1. The lowest BCUT2D eigenvalue weighted by atomic mass is 9.97. The van der Waals surface area contributed by atoms with Gasteiger partial charge >= 0.3 is 5.63 Å². The molecule has 0 atom stereocenters. The molecule has 2 heterocycles. The Kier molecular flexibility index (Phi) is 4.74. The van der Waals surface area contributed by atoms with Crippen molar-refractivity contribution < 1.29 is 9.21 Å². The highest BCUT2D eigenvalue weighted by molar-refractivity contribution is 5.93. The number of rotatable bonds is 4. The predicted molar refractivity (Wildman–Crippen MR) is 72.1 cm³/mol. The van der Waals surface area contributed by atoms with Gasteiger partial charge in [0.25, 0.3) is 5.91 Å². The summed E-state index contributed by atoms with van der Waals surface area (Å²) in [5, 5.41) is 3.32. The Morgan fingerprint density at radius 3 is 2.74 bits per heavy atom. The first-order chi connectivity index (χ1) is 9.20. The molecular formula is C14H20N2O3. The fourth-order valence-corrected chi connectivity index (χ4v) is 2.39. The number of carbonyl (C=O) groups is 1. The standard InChI is InChI=1S/C14H20N2O3/c1-2-16(9-11-5-7-15-8-6-11)14(18)12-3-4-13(17)19-10-12/h3-4,10-11,15H,2,5-9H2,1H3. The van der Waals surface area contributed by atoms with Crippen LogP contribution in [-0.4, -0.2) is 37.0 Å². The zero-order chi connectivity index (χ0) is 13.7. The molecule has 1 amide bonds. The van der Waals surface area contributed by atoms with E-state index in [4.69, 9.17) is 4.42 Å². The van der Waals surface area contributed by atoms with E-state index in [2.05, 4.69) is 5.32 Å². The molecule has 104 valence electrons. The maximum Gasteiger partial charge on any atom is 0.335 e. The van der Waals surface area contributed by atoms with E-state index < -0.39 is 5.63 Å². The van der Waals surface area contributed by atoms with Crippen molar-refractivity contribution in [2.75, 3.05) is 26.2 Å². The number of carbonyl (C=O) groups excluding carboxylic acids is 1. The summed E-state index contributed by atoms with van der Waals surface area (Å²) in [6, 6.07) is 2.81. The van der Waals surface area contributed by atoms with Gasteiger partial charge in [-0.25, -0.2) is 4.79 Å². The van der Waals surface area contributed by atoms with Gasteiger partial charge in [-0.05, 0) is 44.8 Å². The molecular weight excluding hydrogens is 244 g/mol. The van der Waals surface area contributed by atoms with Crippen molar-refractivity contribution in [1.82, 2.24) is 10.2 Å². The first-order valence-corrected chi connectivity index (χ1v) is 6.79. The first-order valence-electron chi connectivity index (χ1n) is 6.79. The summed E-state index contributed by atoms with van der Waals surface area (Å²) >= 11 is 0. The van der Waals surface area contributed by atoms with Crippen LogP contribution in [0.15, 0.2) is 27.6 Å². The number of amides is 1. The molecule has 5 heteroatoms. The molecule has 0 saturated carbocycles. The van der Waals surface area contributed by atoms with Crippen LogP contribution in [0.1, 0.15) is 30.1 Å². The van der Waals surface area contributed by atoms with Crippen LogP contribution in [0.5, 0.6) is 0 Å². The second-order valence-corrected chi connectivity index (χ2v) is 4.88. The maximum atomic E-state index is 12.3. The minimum absolute atomic E-state index is 0.0650. The summed E-state index contributed by atoms with van der Waals surface area (Å²) in [7, 11) is 0. The highest BCUT2D eigenvalue weighted by Gasteiger charge is 2.20. The smallest absolute Gasteiger partial charge is 0.335 e. The summed E-state index contributed by atoms with van der Waals surface area (Å²) in [6.07, 6.45) is 3.46. The highest BCUT2D eigenvalue weighted by atomic mass is 16.4. The second kappa shape index (κ2) is 6.52. The maximum absolute atomic E-state index is 12.3. The van der Waals surface area contributed by atoms with Crippen LogP contribution >= 0.6 is 0 Å². The highest BCUT2D eigenvalue weighted by Crippen LogP contribution is 2.15. The summed E-state index contributed by atoms with van der Waals surface area (Å²) in [5.74, 6) is 0.491. The van der Waals surface area contributed by atoms with Crippen LogP contribution in [0.25, 0.3) is 0 Å². The van der Waals surface area contributed by atoms with Gasteiger partial charge in [-0.3, -0.25) is 4.79 Å². The Hall–Kier alpha value is -1.62. The van der Waals surface area contributed by atoms with E-state index in [1.165, 1.54) is 18.4 Å². The summed E-state index contributed by atoms with van der Waals surface area (Å²) in [5.41, 5.74) is 0.00772. The number of piperidine rings is 1. The number of hydrogen-bond acceptors (Lipinski definition) is 4. The molecule has 1 aliphatic rings. The third-order valence-electron chi connectivity index (χ3n) is 3.55. The quantitative estimate of drug-likeness (QED) is 0.884. The summed E-state index contributed by atoms with van der Waals surface area (Å²) < 4.78 is 4.75. The van der Waals surface area contributed by atoms with Crippen molar-refractivity contribution in [3.05, 3.63) is 34.4 Å². The fraction of sp³-hybridized carbons (Fsp3) is 0.571. The van der Waals surface area contributed by atoms with E-state index in [1.54, 1.807) is 0 Å². The molecule has 1 saturated heterocycles. The van der Waals surface area contributed by atoms with E-state index in [-0.39, 0.29) is 5.91 Å². The Labute approximate surface area is 112 Å². The van der Waals surface area contributed by atoms with Gasteiger partial charge in [0.05, 0.1) is 5.56 Å². The van der Waals surface area contributed by atoms with Crippen molar-refractivity contribution in [2.24, 2.45) is 5.92 Å². The van der Waals surface area contributed by atoms with Gasteiger partial charge in [0.2, 0.25) is 0 Å². The molecule has 0 aliphatic carbocycles. The van der Waals surface area contributed by atoms with Gasteiger partial charge in [0, 0.05) is 19.2 Å². The van der Waals surface area contributed by atoms with Crippen LogP contribution < -0.4 is 10.9 Å². The van der Waals surface area contributed by atoms with Gasteiger partial charge < -0.3 is 14.6 Å². The minimum atomic E-state index is -0.432. The molecule has 0 spiro atoms. The molecule has 0 radical (unpaired) electrons. The largest absolute Gasteiger partial charge is 0.430 e. The van der Waals surface area contributed by atoms with Gasteiger partial charge in [-0.2, -0.15) is 0 Å². The molecule has 1 aromatic rings. The van der Waals surface area contributed by atoms with Gasteiger partial charge in [-0.15, -0.1) is 0 Å². The molecule has 1 aliphatic heterocycles. The first kappa shape index (κ1) is 13.8. The van der Waals surface area contributed by atoms with E-state index in [0.717, 1.165) is 32.5 Å². The zero-order valence-corrected chi connectivity index (χ0v) is 11.2. The third-order valence-corrected chi connectivity index (χ3v) is 3.55. The monoisotopic (exact) mass is 264 g/mol. The lowest BCUT2D eigenvalue weighted by molar-refractivity contribution is 0.0724. The van der Waals surface area contributed by atoms with Gasteiger partial charge in [0.1, 0.15) is 6.26 Å². The van der Waals surface area contributed by atoms with Crippen molar-refractivity contribution in [3.8, 4) is 0 Å². The Balaban J connectivity index is 2.01. The summed E-state index contributed by atoms with van der Waals surface area (Å²) in [6.45, 7) is 5.46. The van der Waals surface area contributed by atoms with Crippen LogP contribution in [0, 0.1) is 5.92 Å². The minimum Gasteiger partial charge on any atom is -0.430 e. The molecule has 1 aromatic heterocycles. The van der Waals surface area contributed by atoms with Crippen LogP contribution in [-0.2, 0) is 0 Å². The molecule has 2 rings (SSSR count). The van der Waals surface area contributed by atoms with Gasteiger partial charge in [-0.1, -0.05) is 0 Å². The Morgan fingerprint density at radius 1 is 1.42 bits per heavy atom. The van der Waals surface area contributed by atoms with Crippen molar-refractivity contribution in [2.45, 2.75) is 19.8 Å². The molecule has 19 heavy (non-hydrogen) atoms. The molecule has 1 fully saturated rings. The van der Waals surface area contributed by atoms with E-state index in [9.17, 15) is 9.59 Å². The fourth-order valence-electron chi connectivity index (χ4n) is 2.39. The SMILES string of the molecule is CCN(CC1CCNCC1)C(=O)c1ccc(=O)oc1. The number of nitrogens with one attached hydrogen (secondary N) is 1. The Morgan fingerprint density at radius 2 is 2.16 bits per heavy atom. The van der Waals surface area contributed by atoms with E-state index >= 15 is 0 Å². The predicted octanol–water partition coefficient (Wildman–Crippen LogP) is 1.10.